The fourth-order valence-corrected chi connectivity index (χ4v) is 1.02. The van der Waals surface area contributed by atoms with Crippen LogP contribution in [0.2, 0.25) is 0 Å². The summed E-state index contributed by atoms with van der Waals surface area (Å²) in [5, 5.41) is 2.86. The molecule has 0 saturated carbocycles. The number of hydrogen-bond acceptors (Lipinski definition) is 1. The van der Waals surface area contributed by atoms with Gasteiger partial charge < -0.3 is 5.32 Å². The lowest BCUT2D eigenvalue weighted by molar-refractivity contribution is -0.137. The van der Waals surface area contributed by atoms with Crippen LogP contribution in [0.3, 0.4) is 0 Å². The average molecular weight is 226 g/mol. The van der Waals surface area contributed by atoms with Crippen molar-refractivity contribution in [2.24, 2.45) is 0 Å². The summed E-state index contributed by atoms with van der Waals surface area (Å²) in [6, 6.07) is 5.12. The van der Waals surface area contributed by atoms with Crippen LogP contribution in [0.25, 0.3) is 0 Å². The van der Waals surface area contributed by atoms with Crippen LogP contribution in [-0.2, 0) is 12.7 Å². The Kier molecular flexibility index (Phi) is 4.94. The summed E-state index contributed by atoms with van der Waals surface area (Å²) in [6.07, 6.45) is -4.24. The van der Waals surface area contributed by atoms with E-state index in [1.54, 1.807) is 7.05 Å². The van der Waals surface area contributed by atoms with E-state index in [2.05, 4.69) is 5.32 Å². The summed E-state index contributed by atoms with van der Waals surface area (Å²) in [7, 11) is 1.75. The first-order valence-corrected chi connectivity index (χ1v) is 3.85. The lowest BCUT2D eigenvalue weighted by Gasteiger charge is -2.06. The van der Waals surface area contributed by atoms with Crippen molar-refractivity contribution in [2.45, 2.75) is 12.7 Å². The number of hydrogen-bond donors (Lipinski definition) is 1. The molecule has 0 amide bonds. The minimum Gasteiger partial charge on any atom is -0.316 e. The Morgan fingerprint density at radius 2 is 1.64 bits per heavy atom. The van der Waals surface area contributed by atoms with Gasteiger partial charge in [-0.3, -0.25) is 0 Å². The number of rotatable bonds is 2. The van der Waals surface area contributed by atoms with Crippen molar-refractivity contribution in [3.63, 3.8) is 0 Å². The van der Waals surface area contributed by atoms with E-state index in [4.69, 9.17) is 0 Å². The summed E-state index contributed by atoms with van der Waals surface area (Å²) >= 11 is 0. The number of halogens is 4. The second kappa shape index (κ2) is 5.22. The van der Waals surface area contributed by atoms with E-state index in [-0.39, 0.29) is 12.4 Å². The third kappa shape index (κ3) is 3.55. The summed E-state index contributed by atoms with van der Waals surface area (Å²) < 4.78 is 36.3. The third-order valence-electron chi connectivity index (χ3n) is 1.66. The molecule has 0 fully saturated rings. The van der Waals surface area contributed by atoms with Crippen LogP contribution in [0.4, 0.5) is 13.2 Å². The number of nitrogens with one attached hydrogen (secondary N) is 1. The molecular formula is C9H11ClF3N. The molecule has 14 heavy (non-hydrogen) atoms. The SMILES string of the molecule is CNCc1ccc(C(F)(F)F)cc1.Cl. The molecular weight excluding hydrogens is 215 g/mol. The lowest BCUT2D eigenvalue weighted by atomic mass is 10.1. The molecule has 0 radical (unpaired) electrons. The fourth-order valence-electron chi connectivity index (χ4n) is 1.02. The molecule has 0 aliphatic carbocycles. The van der Waals surface area contributed by atoms with Gasteiger partial charge in [-0.1, -0.05) is 12.1 Å². The van der Waals surface area contributed by atoms with Crippen LogP contribution in [0.15, 0.2) is 24.3 Å². The number of alkyl halides is 3. The van der Waals surface area contributed by atoms with E-state index in [9.17, 15) is 13.2 Å². The molecule has 1 N–H and O–H groups in total. The lowest BCUT2D eigenvalue weighted by Crippen LogP contribution is -2.07. The smallest absolute Gasteiger partial charge is 0.316 e. The quantitative estimate of drug-likeness (QED) is 0.816. The summed E-state index contributed by atoms with van der Waals surface area (Å²) in [5.41, 5.74) is 0.239. The van der Waals surface area contributed by atoms with E-state index in [1.165, 1.54) is 12.1 Å². The summed E-state index contributed by atoms with van der Waals surface area (Å²) in [6.45, 7) is 0.581. The van der Waals surface area contributed by atoms with Gasteiger partial charge in [0, 0.05) is 6.54 Å². The van der Waals surface area contributed by atoms with E-state index in [0.29, 0.717) is 6.54 Å². The molecule has 0 aliphatic rings. The van der Waals surface area contributed by atoms with Crippen molar-refractivity contribution in [2.75, 3.05) is 7.05 Å². The third-order valence-corrected chi connectivity index (χ3v) is 1.66. The Labute approximate surface area is 86.7 Å². The van der Waals surface area contributed by atoms with Crippen molar-refractivity contribution < 1.29 is 13.2 Å². The van der Waals surface area contributed by atoms with Gasteiger partial charge in [0.2, 0.25) is 0 Å². The highest BCUT2D eigenvalue weighted by Crippen LogP contribution is 2.28. The highest BCUT2D eigenvalue weighted by molar-refractivity contribution is 5.85. The highest BCUT2D eigenvalue weighted by Gasteiger charge is 2.29. The maximum atomic E-state index is 12.1. The van der Waals surface area contributed by atoms with Crippen LogP contribution in [0.1, 0.15) is 11.1 Å². The van der Waals surface area contributed by atoms with Crippen LogP contribution in [0.5, 0.6) is 0 Å². The first-order valence-electron chi connectivity index (χ1n) is 3.85. The van der Waals surface area contributed by atoms with Crippen molar-refractivity contribution in [3.05, 3.63) is 35.4 Å². The van der Waals surface area contributed by atoms with Crippen molar-refractivity contribution in [1.29, 1.82) is 0 Å². The molecule has 0 bridgehead atoms. The van der Waals surface area contributed by atoms with Crippen molar-refractivity contribution in [1.82, 2.24) is 5.32 Å². The van der Waals surface area contributed by atoms with Gasteiger partial charge in [0.05, 0.1) is 5.56 Å². The van der Waals surface area contributed by atoms with Gasteiger partial charge in [-0.15, -0.1) is 12.4 Å². The average Bonchev–Trinajstić information content (AvgIpc) is 2.04. The van der Waals surface area contributed by atoms with Crippen LogP contribution < -0.4 is 5.32 Å². The Morgan fingerprint density at radius 1 is 1.14 bits per heavy atom. The molecule has 1 aromatic carbocycles. The zero-order chi connectivity index (χ0) is 9.90. The molecule has 80 valence electrons. The van der Waals surface area contributed by atoms with E-state index >= 15 is 0 Å². The monoisotopic (exact) mass is 225 g/mol. The van der Waals surface area contributed by atoms with Crippen LogP contribution in [-0.4, -0.2) is 7.05 Å². The predicted octanol–water partition coefficient (Wildman–Crippen LogP) is 2.85. The second-order valence-electron chi connectivity index (χ2n) is 2.73. The molecule has 1 aromatic rings. The molecule has 0 saturated heterocycles. The molecule has 1 rings (SSSR count). The Bertz CT molecular complexity index is 268. The predicted molar refractivity (Wildman–Crippen MR) is 51.5 cm³/mol. The summed E-state index contributed by atoms with van der Waals surface area (Å²) in [4.78, 5) is 0. The van der Waals surface area contributed by atoms with Crippen molar-refractivity contribution in [3.8, 4) is 0 Å². The maximum absolute atomic E-state index is 12.1. The van der Waals surface area contributed by atoms with Gasteiger partial charge >= 0.3 is 6.18 Å². The molecule has 0 aromatic heterocycles. The standard InChI is InChI=1S/C9H10F3N.ClH/c1-13-6-7-2-4-8(5-3-7)9(10,11)12;/h2-5,13H,6H2,1H3;1H. The molecule has 0 heterocycles. The topological polar surface area (TPSA) is 12.0 Å². The largest absolute Gasteiger partial charge is 0.416 e. The van der Waals surface area contributed by atoms with Gasteiger partial charge in [0.25, 0.3) is 0 Å². The Hall–Kier alpha value is -0.740. The molecule has 0 unspecified atom stereocenters. The molecule has 5 heteroatoms. The van der Waals surface area contributed by atoms with E-state index < -0.39 is 11.7 Å². The molecule has 1 nitrogen and oxygen atoms in total. The van der Waals surface area contributed by atoms with Crippen molar-refractivity contribution >= 4 is 12.4 Å². The van der Waals surface area contributed by atoms with Gasteiger partial charge in [-0.2, -0.15) is 13.2 Å². The minimum atomic E-state index is -4.24. The van der Waals surface area contributed by atoms with E-state index in [1.807, 2.05) is 0 Å². The Morgan fingerprint density at radius 3 is 2.00 bits per heavy atom. The van der Waals surface area contributed by atoms with Crippen LogP contribution >= 0.6 is 12.4 Å². The minimum absolute atomic E-state index is 0. The van der Waals surface area contributed by atoms with Crippen LogP contribution in [0, 0.1) is 0 Å². The first-order chi connectivity index (χ1) is 6.04. The summed E-state index contributed by atoms with van der Waals surface area (Å²) in [5.74, 6) is 0. The molecule has 0 atom stereocenters. The zero-order valence-corrected chi connectivity index (χ0v) is 8.38. The fraction of sp³-hybridized carbons (Fsp3) is 0.333. The Balaban J connectivity index is 0.00000169. The van der Waals surface area contributed by atoms with E-state index in [0.717, 1.165) is 17.7 Å². The first kappa shape index (κ1) is 13.3. The second-order valence-corrected chi connectivity index (χ2v) is 2.73. The number of benzene rings is 1. The van der Waals surface area contributed by atoms with Gasteiger partial charge in [-0.05, 0) is 24.7 Å². The van der Waals surface area contributed by atoms with Gasteiger partial charge in [-0.25, -0.2) is 0 Å². The molecule has 0 aliphatic heterocycles. The normalized spacial score (nSPS) is 10.9. The molecule has 0 spiro atoms. The highest BCUT2D eigenvalue weighted by atomic mass is 35.5. The zero-order valence-electron chi connectivity index (χ0n) is 7.56. The van der Waals surface area contributed by atoms with Gasteiger partial charge in [0.1, 0.15) is 0 Å². The van der Waals surface area contributed by atoms with Gasteiger partial charge in [0.15, 0.2) is 0 Å². The maximum Gasteiger partial charge on any atom is 0.416 e.